The summed E-state index contributed by atoms with van der Waals surface area (Å²) in [5.41, 5.74) is 2.76. The van der Waals surface area contributed by atoms with Gasteiger partial charge in [0.1, 0.15) is 0 Å². The van der Waals surface area contributed by atoms with E-state index in [-0.39, 0.29) is 0 Å². The highest BCUT2D eigenvalue weighted by Crippen LogP contribution is 2.48. The van der Waals surface area contributed by atoms with Crippen molar-refractivity contribution in [1.29, 1.82) is 0 Å². The Labute approximate surface area is 121 Å². The maximum atomic E-state index is 6.02. The molecule has 0 aliphatic carbocycles. The van der Waals surface area contributed by atoms with Gasteiger partial charge in [-0.1, -0.05) is 35.9 Å². The summed E-state index contributed by atoms with van der Waals surface area (Å²) < 4.78 is 0. The first-order valence-electron chi connectivity index (χ1n) is 7.20. The Morgan fingerprint density at radius 3 is 2.58 bits per heavy atom. The van der Waals surface area contributed by atoms with Crippen molar-refractivity contribution in [2.24, 2.45) is 5.92 Å². The molecule has 1 aromatic rings. The second kappa shape index (κ2) is 4.96. The molecule has 2 aliphatic heterocycles. The second-order valence-electron chi connectivity index (χ2n) is 6.23. The van der Waals surface area contributed by atoms with Gasteiger partial charge in [-0.05, 0) is 56.8 Å². The quantitative estimate of drug-likeness (QED) is 0.719. The molecule has 1 aromatic carbocycles. The molecule has 0 aromatic heterocycles. The van der Waals surface area contributed by atoms with Crippen LogP contribution < -0.4 is 0 Å². The highest BCUT2D eigenvalue weighted by Gasteiger charge is 2.45. The lowest BCUT2D eigenvalue weighted by molar-refractivity contribution is 0.118. The minimum atomic E-state index is 0.588. The van der Waals surface area contributed by atoms with Crippen LogP contribution in [0, 0.1) is 5.92 Å². The zero-order valence-electron chi connectivity index (χ0n) is 11.8. The predicted molar refractivity (Wildman–Crippen MR) is 81.7 cm³/mol. The van der Waals surface area contributed by atoms with E-state index in [0.717, 1.165) is 11.1 Å². The average molecular weight is 276 g/mol. The van der Waals surface area contributed by atoms with Gasteiger partial charge in [0.25, 0.3) is 0 Å². The van der Waals surface area contributed by atoms with Gasteiger partial charge in [0.05, 0.1) is 0 Å². The molecule has 2 fully saturated rings. The topological polar surface area (TPSA) is 3.24 Å². The number of halogens is 1. The number of piperidine rings is 1. The summed E-state index contributed by atoms with van der Waals surface area (Å²) in [7, 11) is 2.29. The van der Waals surface area contributed by atoms with E-state index in [1.807, 2.05) is 12.1 Å². The SMILES string of the molecule is C=C(C)C1C2CC[C@H](C[C@@H]1c1ccc(Cl)cc1)N2C. The summed E-state index contributed by atoms with van der Waals surface area (Å²) >= 11 is 6.02. The maximum absolute atomic E-state index is 6.02. The second-order valence-corrected chi connectivity index (χ2v) is 6.67. The van der Waals surface area contributed by atoms with E-state index in [2.05, 4.69) is 37.6 Å². The fourth-order valence-corrected chi connectivity index (χ4v) is 4.32. The normalized spacial score (nSPS) is 34.5. The van der Waals surface area contributed by atoms with E-state index in [1.165, 1.54) is 30.4 Å². The van der Waals surface area contributed by atoms with Gasteiger partial charge in [0.15, 0.2) is 0 Å². The molecule has 2 heteroatoms. The minimum Gasteiger partial charge on any atom is -0.300 e. The van der Waals surface area contributed by atoms with Gasteiger partial charge < -0.3 is 0 Å². The molecule has 2 unspecified atom stereocenters. The summed E-state index contributed by atoms with van der Waals surface area (Å²) in [6.07, 6.45) is 3.92. The summed E-state index contributed by atoms with van der Waals surface area (Å²) in [5, 5.41) is 0.825. The number of hydrogen-bond acceptors (Lipinski definition) is 1. The molecule has 0 spiro atoms. The Morgan fingerprint density at radius 2 is 1.95 bits per heavy atom. The number of benzene rings is 1. The Bertz CT molecular complexity index is 479. The monoisotopic (exact) mass is 275 g/mol. The molecule has 4 atom stereocenters. The van der Waals surface area contributed by atoms with Crippen LogP contribution in [0.1, 0.15) is 37.7 Å². The average Bonchev–Trinajstić information content (AvgIpc) is 2.63. The van der Waals surface area contributed by atoms with Crippen LogP contribution >= 0.6 is 11.6 Å². The van der Waals surface area contributed by atoms with E-state index < -0.39 is 0 Å². The van der Waals surface area contributed by atoms with Crippen LogP contribution in [0.5, 0.6) is 0 Å². The van der Waals surface area contributed by atoms with Crippen LogP contribution in [0.2, 0.25) is 5.02 Å². The van der Waals surface area contributed by atoms with Gasteiger partial charge in [-0.3, -0.25) is 4.90 Å². The Morgan fingerprint density at radius 1 is 1.26 bits per heavy atom. The fourth-order valence-electron chi connectivity index (χ4n) is 4.19. The molecule has 2 saturated heterocycles. The van der Waals surface area contributed by atoms with E-state index in [0.29, 0.717) is 17.9 Å². The van der Waals surface area contributed by atoms with Crippen molar-refractivity contribution in [3.8, 4) is 0 Å². The van der Waals surface area contributed by atoms with Crippen molar-refractivity contribution < 1.29 is 0 Å². The summed E-state index contributed by atoms with van der Waals surface area (Å²) in [5.74, 6) is 1.20. The first kappa shape index (κ1) is 13.2. The summed E-state index contributed by atoms with van der Waals surface area (Å²) in [4.78, 5) is 2.59. The van der Waals surface area contributed by atoms with E-state index in [1.54, 1.807) is 0 Å². The third-order valence-electron chi connectivity index (χ3n) is 5.14. The van der Waals surface area contributed by atoms with Crippen LogP contribution in [-0.4, -0.2) is 24.0 Å². The van der Waals surface area contributed by atoms with Crippen LogP contribution in [0.4, 0.5) is 0 Å². The maximum Gasteiger partial charge on any atom is 0.0406 e. The number of hydrogen-bond donors (Lipinski definition) is 0. The van der Waals surface area contributed by atoms with Crippen molar-refractivity contribution in [3.63, 3.8) is 0 Å². The highest BCUT2D eigenvalue weighted by molar-refractivity contribution is 6.30. The van der Waals surface area contributed by atoms with Crippen molar-refractivity contribution in [3.05, 3.63) is 47.0 Å². The van der Waals surface area contributed by atoms with Crippen molar-refractivity contribution >= 4 is 11.6 Å². The van der Waals surface area contributed by atoms with E-state index in [4.69, 9.17) is 11.6 Å². The van der Waals surface area contributed by atoms with Crippen LogP contribution in [0.25, 0.3) is 0 Å². The lowest BCUT2D eigenvalue weighted by Gasteiger charge is -2.43. The first-order chi connectivity index (χ1) is 9.08. The van der Waals surface area contributed by atoms with Gasteiger partial charge in [0.2, 0.25) is 0 Å². The molecule has 2 aliphatic rings. The molecule has 2 heterocycles. The molecule has 2 bridgehead atoms. The molecule has 0 saturated carbocycles. The Kier molecular flexibility index (Phi) is 3.44. The third-order valence-corrected chi connectivity index (χ3v) is 5.39. The Balaban J connectivity index is 1.95. The standard InChI is InChI=1S/C17H22ClN/c1-11(2)17-15(12-4-6-13(18)7-5-12)10-14-8-9-16(17)19(14)3/h4-7,14-17H,1,8-10H2,2-3H3/t14-,15-,16?,17?/m1/s1. The summed E-state index contributed by atoms with van der Waals surface area (Å²) in [6.45, 7) is 6.47. The first-order valence-corrected chi connectivity index (χ1v) is 7.58. The zero-order valence-corrected chi connectivity index (χ0v) is 12.5. The molecular weight excluding hydrogens is 254 g/mol. The predicted octanol–water partition coefficient (Wildman–Crippen LogP) is 4.48. The van der Waals surface area contributed by atoms with Gasteiger partial charge in [-0.2, -0.15) is 0 Å². The Hall–Kier alpha value is -0.790. The largest absolute Gasteiger partial charge is 0.300 e. The molecule has 0 amide bonds. The highest BCUT2D eigenvalue weighted by atomic mass is 35.5. The molecule has 102 valence electrons. The lowest BCUT2D eigenvalue weighted by atomic mass is 9.73. The van der Waals surface area contributed by atoms with Crippen molar-refractivity contribution in [2.75, 3.05) is 7.05 Å². The van der Waals surface area contributed by atoms with E-state index in [9.17, 15) is 0 Å². The summed E-state index contributed by atoms with van der Waals surface area (Å²) in [6, 6.07) is 9.87. The molecule has 1 nitrogen and oxygen atoms in total. The lowest BCUT2D eigenvalue weighted by Crippen LogP contribution is -2.46. The molecular formula is C17H22ClN. The molecule has 3 rings (SSSR count). The zero-order chi connectivity index (χ0) is 13.6. The van der Waals surface area contributed by atoms with Crippen LogP contribution in [0.15, 0.2) is 36.4 Å². The molecule has 19 heavy (non-hydrogen) atoms. The van der Waals surface area contributed by atoms with Gasteiger partial charge in [-0.25, -0.2) is 0 Å². The smallest absolute Gasteiger partial charge is 0.0406 e. The van der Waals surface area contributed by atoms with Crippen molar-refractivity contribution in [2.45, 2.75) is 44.2 Å². The number of rotatable bonds is 2. The molecule has 0 N–H and O–H groups in total. The molecule has 0 radical (unpaired) electrons. The van der Waals surface area contributed by atoms with E-state index >= 15 is 0 Å². The van der Waals surface area contributed by atoms with Crippen molar-refractivity contribution in [1.82, 2.24) is 4.90 Å². The number of fused-ring (bicyclic) bond motifs is 2. The third kappa shape index (κ3) is 2.23. The van der Waals surface area contributed by atoms with Crippen LogP contribution in [-0.2, 0) is 0 Å². The van der Waals surface area contributed by atoms with Gasteiger partial charge in [-0.15, -0.1) is 0 Å². The minimum absolute atomic E-state index is 0.588. The van der Waals surface area contributed by atoms with Crippen LogP contribution in [0.3, 0.4) is 0 Å². The number of nitrogens with zero attached hydrogens (tertiary/aromatic N) is 1. The fraction of sp³-hybridized carbons (Fsp3) is 0.529. The van der Waals surface area contributed by atoms with Gasteiger partial charge >= 0.3 is 0 Å². The van der Waals surface area contributed by atoms with Gasteiger partial charge in [0, 0.05) is 23.0 Å².